The molecule has 0 radical (unpaired) electrons. The second-order valence-electron chi connectivity index (χ2n) is 4.12. The maximum atomic E-state index is 4.38. The van der Waals surface area contributed by atoms with Crippen LogP contribution in [0.5, 0.6) is 0 Å². The maximum Gasteiger partial charge on any atom is 0.129 e. The standard InChI is InChI=1S/C14H25N3S/c1-4-15-14-13(8-7-9-16-14)12-18-11-10-17(5-2)6-3/h7-9H,4-6,10-12H2,1-3H3,(H,15,16). The van der Waals surface area contributed by atoms with Crippen LogP contribution in [-0.4, -0.2) is 41.8 Å². The fraction of sp³-hybridized carbons (Fsp3) is 0.643. The van der Waals surface area contributed by atoms with Gasteiger partial charge >= 0.3 is 0 Å². The first-order chi connectivity index (χ1) is 8.81. The van der Waals surface area contributed by atoms with Crippen LogP contribution >= 0.6 is 11.8 Å². The van der Waals surface area contributed by atoms with Gasteiger partial charge in [-0.05, 0) is 26.1 Å². The van der Waals surface area contributed by atoms with E-state index in [0.29, 0.717) is 0 Å². The minimum absolute atomic E-state index is 0.925. The molecule has 0 unspecified atom stereocenters. The molecule has 0 amide bonds. The van der Waals surface area contributed by atoms with Crippen molar-refractivity contribution in [1.82, 2.24) is 9.88 Å². The van der Waals surface area contributed by atoms with E-state index in [-0.39, 0.29) is 0 Å². The van der Waals surface area contributed by atoms with Crippen LogP contribution in [0.3, 0.4) is 0 Å². The smallest absolute Gasteiger partial charge is 0.129 e. The minimum atomic E-state index is 0.925. The van der Waals surface area contributed by atoms with Crippen molar-refractivity contribution in [3.8, 4) is 0 Å². The molecule has 1 N–H and O–H groups in total. The number of anilines is 1. The Bertz CT molecular complexity index is 327. The summed E-state index contributed by atoms with van der Waals surface area (Å²) in [5, 5.41) is 3.31. The summed E-state index contributed by atoms with van der Waals surface area (Å²) >= 11 is 1.98. The lowest BCUT2D eigenvalue weighted by Crippen LogP contribution is -2.25. The van der Waals surface area contributed by atoms with E-state index in [2.05, 4.69) is 42.0 Å². The Labute approximate surface area is 115 Å². The predicted molar refractivity (Wildman–Crippen MR) is 82.4 cm³/mol. The van der Waals surface area contributed by atoms with Crippen LogP contribution in [0.15, 0.2) is 18.3 Å². The highest BCUT2D eigenvalue weighted by atomic mass is 32.2. The van der Waals surface area contributed by atoms with Crippen LogP contribution < -0.4 is 5.32 Å². The van der Waals surface area contributed by atoms with E-state index in [4.69, 9.17) is 0 Å². The molecule has 0 aliphatic heterocycles. The van der Waals surface area contributed by atoms with Gasteiger partial charge in [0.15, 0.2) is 0 Å². The summed E-state index contributed by atoms with van der Waals surface area (Å²) in [5.74, 6) is 3.26. The van der Waals surface area contributed by atoms with Gasteiger partial charge in [0.25, 0.3) is 0 Å². The first-order valence-corrected chi connectivity index (χ1v) is 7.95. The normalized spacial score (nSPS) is 10.9. The third-order valence-corrected chi connectivity index (χ3v) is 3.93. The average molecular weight is 267 g/mol. The summed E-state index contributed by atoms with van der Waals surface area (Å²) in [6.45, 7) is 10.9. The number of rotatable bonds is 9. The van der Waals surface area contributed by atoms with Crippen molar-refractivity contribution in [3.05, 3.63) is 23.9 Å². The molecule has 0 fully saturated rings. The highest BCUT2D eigenvalue weighted by Gasteiger charge is 2.03. The Morgan fingerprint density at radius 1 is 1.28 bits per heavy atom. The molecule has 3 nitrogen and oxygen atoms in total. The van der Waals surface area contributed by atoms with E-state index in [1.54, 1.807) is 0 Å². The summed E-state index contributed by atoms with van der Waals surface area (Å²) in [5.41, 5.74) is 1.31. The molecule has 0 aromatic carbocycles. The summed E-state index contributed by atoms with van der Waals surface area (Å²) in [7, 11) is 0. The van der Waals surface area contributed by atoms with Gasteiger partial charge in [0.2, 0.25) is 0 Å². The van der Waals surface area contributed by atoms with Crippen LogP contribution in [0.2, 0.25) is 0 Å². The van der Waals surface area contributed by atoms with Crippen LogP contribution in [0.25, 0.3) is 0 Å². The van der Waals surface area contributed by atoms with Gasteiger partial charge in [0, 0.05) is 36.4 Å². The largest absolute Gasteiger partial charge is 0.370 e. The molecule has 1 aromatic rings. The Hall–Kier alpha value is -0.740. The summed E-state index contributed by atoms with van der Waals surface area (Å²) in [6, 6.07) is 4.18. The molecule has 0 saturated carbocycles. The number of hydrogen-bond acceptors (Lipinski definition) is 4. The van der Waals surface area contributed by atoms with Gasteiger partial charge in [0.1, 0.15) is 5.82 Å². The van der Waals surface area contributed by atoms with Crippen LogP contribution in [0.1, 0.15) is 26.3 Å². The second kappa shape index (κ2) is 9.22. The number of pyridine rings is 1. The fourth-order valence-corrected chi connectivity index (χ4v) is 2.78. The van der Waals surface area contributed by atoms with Crippen molar-refractivity contribution in [1.29, 1.82) is 0 Å². The van der Waals surface area contributed by atoms with Crippen molar-refractivity contribution in [2.24, 2.45) is 0 Å². The SMILES string of the molecule is CCNc1ncccc1CSCCN(CC)CC. The van der Waals surface area contributed by atoms with Gasteiger partial charge in [0.05, 0.1) is 0 Å². The number of thioether (sulfide) groups is 1. The molecule has 18 heavy (non-hydrogen) atoms. The lowest BCUT2D eigenvalue weighted by molar-refractivity contribution is 0.324. The third-order valence-electron chi connectivity index (χ3n) is 2.94. The number of aromatic nitrogens is 1. The van der Waals surface area contributed by atoms with Crippen molar-refractivity contribution < 1.29 is 0 Å². The lowest BCUT2D eigenvalue weighted by atomic mass is 10.3. The second-order valence-corrected chi connectivity index (χ2v) is 5.23. The first-order valence-electron chi connectivity index (χ1n) is 6.79. The average Bonchev–Trinajstić information content (AvgIpc) is 2.41. The first kappa shape index (κ1) is 15.3. The molecule has 1 heterocycles. The van der Waals surface area contributed by atoms with E-state index in [9.17, 15) is 0 Å². The monoisotopic (exact) mass is 267 g/mol. The summed E-state index contributed by atoms with van der Waals surface area (Å²) < 4.78 is 0. The Balaban J connectivity index is 2.34. The van der Waals surface area contributed by atoms with Crippen molar-refractivity contribution >= 4 is 17.6 Å². The third kappa shape index (κ3) is 5.27. The van der Waals surface area contributed by atoms with Crippen molar-refractivity contribution in [2.75, 3.05) is 37.2 Å². The highest BCUT2D eigenvalue weighted by molar-refractivity contribution is 7.98. The van der Waals surface area contributed by atoms with Gasteiger partial charge in [-0.3, -0.25) is 0 Å². The molecule has 4 heteroatoms. The zero-order chi connectivity index (χ0) is 13.2. The Kier molecular flexibility index (Phi) is 7.85. The lowest BCUT2D eigenvalue weighted by Gasteiger charge is -2.17. The van der Waals surface area contributed by atoms with E-state index in [0.717, 1.165) is 31.2 Å². The summed E-state index contributed by atoms with van der Waals surface area (Å²) in [4.78, 5) is 6.84. The molecule has 1 aromatic heterocycles. The van der Waals surface area contributed by atoms with Crippen LogP contribution in [0, 0.1) is 0 Å². The molecule has 1 rings (SSSR count). The molecule has 0 aliphatic carbocycles. The Morgan fingerprint density at radius 2 is 2.06 bits per heavy atom. The van der Waals surface area contributed by atoms with Gasteiger partial charge in [-0.15, -0.1) is 0 Å². The number of hydrogen-bond donors (Lipinski definition) is 1. The molecule has 0 saturated heterocycles. The van der Waals surface area contributed by atoms with Crippen LogP contribution in [0.4, 0.5) is 5.82 Å². The Morgan fingerprint density at radius 3 is 2.72 bits per heavy atom. The van der Waals surface area contributed by atoms with Gasteiger partial charge in [-0.1, -0.05) is 19.9 Å². The zero-order valence-corrected chi connectivity index (χ0v) is 12.6. The molecule has 0 atom stereocenters. The molecule has 102 valence electrons. The van der Waals surface area contributed by atoms with E-state index in [1.807, 2.05) is 24.0 Å². The van der Waals surface area contributed by atoms with E-state index >= 15 is 0 Å². The predicted octanol–water partition coefficient (Wildman–Crippen LogP) is 3.09. The highest BCUT2D eigenvalue weighted by Crippen LogP contribution is 2.18. The minimum Gasteiger partial charge on any atom is -0.370 e. The van der Waals surface area contributed by atoms with E-state index in [1.165, 1.54) is 17.9 Å². The maximum absolute atomic E-state index is 4.38. The molecular weight excluding hydrogens is 242 g/mol. The number of nitrogens with one attached hydrogen (secondary N) is 1. The van der Waals surface area contributed by atoms with Crippen LogP contribution in [-0.2, 0) is 5.75 Å². The quantitative estimate of drug-likeness (QED) is 0.696. The van der Waals surface area contributed by atoms with Crippen molar-refractivity contribution in [2.45, 2.75) is 26.5 Å². The topological polar surface area (TPSA) is 28.2 Å². The fourth-order valence-electron chi connectivity index (χ4n) is 1.80. The zero-order valence-electron chi connectivity index (χ0n) is 11.8. The van der Waals surface area contributed by atoms with Gasteiger partial charge in [-0.2, -0.15) is 11.8 Å². The summed E-state index contributed by atoms with van der Waals surface area (Å²) in [6.07, 6.45) is 1.85. The van der Waals surface area contributed by atoms with Gasteiger partial charge < -0.3 is 10.2 Å². The van der Waals surface area contributed by atoms with Crippen molar-refractivity contribution in [3.63, 3.8) is 0 Å². The molecule has 0 bridgehead atoms. The number of nitrogens with zero attached hydrogens (tertiary/aromatic N) is 2. The van der Waals surface area contributed by atoms with Gasteiger partial charge in [-0.25, -0.2) is 4.98 Å². The molecule has 0 aliphatic rings. The van der Waals surface area contributed by atoms with E-state index < -0.39 is 0 Å². The molecule has 0 spiro atoms. The molecular formula is C14H25N3S.